The third kappa shape index (κ3) is 3.79. The molecule has 0 saturated heterocycles. The van der Waals surface area contributed by atoms with Gasteiger partial charge in [0.2, 0.25) is 0 Å². The Kier molecular flexibility index (Phi) is 3.86. The summed E-state index contributed by atoms with van der Waals surface area (Å²) in [7, 11) is 0. The van der Waals surface area contributed by atoms with Crippen LogP contribution in [0.4, 0.5) is 0 Å². The van der Waals surface area contributed by atoms with Gasteiger partial charge in [-0.05, 0) is 42.9 Å². The van der Waals surface area contributed by atoms with Gasteiger partial charge in [0.15, 0.2) is 0 Å². The van der Waals surface area contributed by atoms with E-state index < -0.39 is 0 Å². The minimum absolute atomic E-state index is 0.343. The maximum Gasteiger partial charge on any atom is 0.0675 e. The molecule has 1 heteroatoms. The van der Waals surface area contributed by atoms with Crippen LogP contribution in [0.2, 0.25) is 0 Å². The molecule has 0 radical (unpaired) electrons. The molecule has 0 aromatic rings. The van der Waals surface area contributed by atoms with Crippen molar-refractivity contribution in [3.63, 3.8) is 0 Å². The van der Waals surface area contributed by atoms with E-state index in [9.17, 15) is 5.11 Å². The largest absolute Gasteiger partial charge is 0.390 e. The number of aliphatic hydroxyl groups is 1. The number of hydrogen-bond donors (Lipinski definition) is 1. The molecule has 1 saturated carbocycles. The zero-order valence-electron chi connectivity index (χ0n) is 11.1. The lowest BCUT2D eigenvalue weighted by atomic mass is 9.68. The van der Waals surface area contributed by atoms with Gasteiger partial charge in [0.05, 0.1) is 5.60 Å². The fourth-order valence-corrected chi connectivity index (χ4v) is 2.65. The fraction of sp³-hybridized carbons (Fsp3) is 1.00. The van der Waals surface area contributed by atoms with Gasteiger partial charge in [-0.1, -0.05) is 41.0 Å². The summed E-state index contributed by atoms with van der Waals surface area (Å²) in [4.78, 5) is 0. The monoisotopic (exact) mass is 212 g/mol. The molecule has 1 N–H and O–H groups in total. The molecule has 1 aliphatic rings. The van der Waals surface area contributed by atoms with Crippen molar-refractivity contribution in [2.24, 2.45) is 17.3 Å². The predicted molar refractivity (Wildman–Crippen MR) is 65.8 cm³/mol. The first-order valence-electron chi connectivity index (χ1n) is 6.45. The molecule has 3 unspecified atom stereocenters. The van der Waals surface area contributed by atoms with E-state index in [0.29, 0.717) is 17.3 Å². The molecule has 1 fully saturated rings. The summed E-state index contributed by atoms with van der Waals surface area (Å²) in [5, 5.41) is 10.7. The van der Waals surface area contributed by atoms with Gasteiger partial charge >= 0.3 is 0 Å². The fourth-order valence-electron chi connectivity index (χ4n) is 2.65. The molecule has 1 rings (SSSR count). The standard InChI is InChI=1S/C14H28O/c1-11-6-7-12(2)14(15,10-11)9-8-13(3,4)5/h11-12,15H,6-10H2,1-5H3. The van der Waals surface area contributed by atoms with Crippen LogP contribution in [0.3, 0.4) is 0 Å². The van der Waals surface area contributed by atoms with Crippen molar-refractivity contribution in [2.75, 3.05) is 0 Å². The van der Waals surface area contributed by atoms with Crippen molar-refractivity contribution in [3.05, 3.63) is 0 Å². The Morgan fingerprint density at radius 2 is 1.80 bits per heavy atom. The molecule has 0 aliphatic heterocycles. The van der Waals surface area contributed by atoms with Crippen molar-refractivity contribution in [2.45, 2.75) is 72.3 Å². The van der Waals surface area contributed by atoms with Crippen LogP contribution in [-0.2, 0) is 0 Å². The average molecular weight is 212 g/mol. The van der Waals surface area contributed by atoms with Gasteiger partial charge in [-0.3, -0.25) is 0 Å². The molecule has 0 aromatic heterocycles. The molecule has 1 nitrogen and oxygen atoms in total. The van der Waals surface area contributed by atoms with Crippen molar-refractivity contribution >= 4 is 0 Å². The van der Waals surface area contributed by atoms with Crippen LogP contribution in [0, 0.1) is 17.3 Å². The smallest absolute Gasteiger partial charge is 0.0675 e. The summed E-state index contributed by atoms with van der Waals surface area (Å²) in [5.74, 6) is 1.18. The number of rotatable bonds is 2. The summed E-state index contributed by atoms with van der Waals surface area (Å²) < 4.78 is 0. The van der Waals surface area contributed by atoms with Crippen LogP contribution >= 0.6 is 0 Å². The third-order valence-electron chi connectivity index (χ3n) is 4.02. The normalized spacial score (nSPS) is 38.0. The minimum Gasteiger partial charge on any atom is -0.390 e. The zero-order chi connectivity index (χ0) is 11.7. The van der Waals surface area contributed by atoms with Crippen LogP contribution in [0.5, 0.6) is 0 Å². The van der Waals surface area contributed by atoms with E-state index in [1.165, 1.54) is 12.8 Å². The maximum absolute atomic E-state index is 10.7. The SMILES string of the molecule is CC1CCC(C)C(O)(CCC(C)(C)C)C1. The number of hydrogen-bond acceptors (Lipinski definition) is 1. The van der Waals surface area contributed by atoms with Crippen LogP contribution in [0.15, 0.2) is 0 Å². The highest BCUT2D eigenvalue weighted by atomic mass is 16.3. The van der Waals surface area contributed by atoms with E-state index >= 15 is 0 Å². The molecule has 15 heavy (non-hydrogen) atoms. The molecule has 0 aromatic carbocycles. The third-order valence-corrected chi connectivity index (χ3v) is 4.02. The van der Waals surface area contributed by atoms with Gasteiger partial charge in [-0.15, -0.1) is 0 Å². The van der Waals surface area contributed by atoms with E-state index in [1.807, 2.05) is 0 Å². The molecular formula is C14H28O. The Hall–Kier alpha value is -0.0400. The Morgan fingerprint density at radius 3 is 2.33 bits per heavy atom. The van der Waals surface area contributed by atoms with Gasteiger partial charge in [-0.25, -0.2) is 0 Å². The van der Waals surface area contributed by atoms with Crippen LogP contribution in [0.1, 0.15) is 66.7 Å². The van der Waals surface area contributed by atoms with Gasteiger partial charge < -0.3 is 5.11 Å². The lowest BCUT2D eigenvalue weighted by Gasteiger charge is -2.42. The first-order valence-corrected chi connectivity index (χ1v) is 6.45. The Morgan fingerprint density at radius 1 is 1.20 bits per heavy atom. The highest BCUT2D eigenvalue weighted by Gasteiger charge is 2.38. The van der Waals surface area contributed by atoms with E-state index in [2.05, 4.69) is 34.6 Å². The van der Waals surface area contributed by atoms with Crippen molar-refractivity contribution in [1.29, 1.82) is 0 Å². The molecule has 1 aliphatic carbocycles. The van der Waals surface area contributed by atoms with Crippen LogP contribution in [0.25, 0.3) is 0 Å². The van der Waals surface area contributed by atoms with Gasteiger partial charge in [0.1, 0.15) is 0 Å². The second-order valence-electron chi connectivity index (χ2n) is 6.95. The molecule has 0 bridgehead atoms. The predicted octanol–water partition coefficient (Wildman–Crippen LogP) is 4.00. The second kappa shape index (κ2) is 4.45. The summed E-state index contributed by atoms with van der Waals surface area (Å²) in [5.41, 5.74) is -0.0406. The Bertz CT molecular complexity index is 204. The van der Waals surface area contributed by atoms with Crippen molar-refractivity contribution < 1.29 is 5.11 Å². The van der Waals surface area contributed by atoms with Crippen LogP contribution in [-0.4, -0.2) is 10.7 Å². The van der Waals surface area contributed by atoms with E-state index in [1.54, 1.807) is 0 Å². The minimum atomic E-state index is -0.384. The van der Waals surface area contributed by atoms with E-state index in [-0.39, 0.29) is 5.60 Å². The summed E-state index contributed by atoms with van der Waals surface area (Å²) in [6, 6.07) is 0. The highest BCUT2D eigenvalue weighted by molar-refractivity contribution is 4.90. The summed E-state index contributed by atoms with van der Waals surface area (Å²) in [6.07, 6.45) is 5.59. The van der Waals surface area contributed by atoms with Crippen molar-refractivity contribution in [3.8, 4) is 0 Å². The van der Waals surface area contributed by atoms with Crippen LogP contribution < -0.4 is 0 Å². The second-order valence-corrected chi connectivity index (χ2v) is 6.95. The van der Waals surface area contributed by atoms with Gasteiger partial charge in [0, 0.05) is 0 Å². The highest BCUT2D eigenvalue weighted by Crippen LogP contribution is 2.41. The van der Waals surface area contributed by atoms with Gasteiger partial charge in [-0.2, -0.15) is 0 Å². The summed E-state index contributed by atoms with van der Waals surface area (Å²) in [6.45, 7) is 11.3. The quantitative estimate of drug-likeness (QED) is 0.733. The Labute approximate surface area is 95.3 Å². The lowest BCUT2D eigenvalue weighted by molar-refractivity contribution is -0.0690. The zero-order valence-corrected chi connectivity index (χ0v) is 11.1. The van der Waals surface area contributed by atoms with Gasteiger partial charge in [0.25, 0.3) is 0 Å². The molecule has 0 spiro atoms. The first kappa shape index (κ1) is 13.0. The molecule has 0 heterocycles. The first-order chi connectivity index (χ1) is 6.73. The lowest BCUT2D eigenvalue weighted by Crippen LogP contribution is -2.42. The van der Waals surface area contributed by atoms with E-state index in [0.717, 1.165) is 19.3 Å². The summed E-state index contributed by atoms with van der Waals surface area (Å²) >= 11 is 0. The molecule has 0 amide bonds. The Balaban J connectivity index is 2.55. The molecular weight excluding hydrogens is 184 g/mol. The van der Waals surface area contributed by atoms with Crippen molar-refractivity contribution in [1.82, 2.24) is 0 Å². The maximum atomic E-state index is 10.7. The topological polar surface area (TPSA) is 20.2 Å². The molecule has 90 valence electrons. The molecule has 3 atom stereocenters. The average Bonchev–Trinajstić information content (AvgIpc) is 2.08. The van der Waals surface area contributed by atoms with E-state index in [4.69, 9.17) is 0 Å².